The first kappa shape index (κ1) is 22.0. The third-order valence-corrected chi connectivity index (χ3v) is 5.57. The van der Waals surface area contributed by atoms with E-state index >= 15 is 0 Å². The van der Waals surface area contributed by atoms with Gasteiger partial charge in [0.1, 0.15) is 6.61 Å². The number of rotatable bonds is 11. The Bertz CT molecular complexity index is 956. The Morgan fingerprint density at radius 1 is 0.933 bits per heavy atom. The summed E-state index contributed by atoms with van der Waals surface area (Å²) in [6, 6.07) is 18.6. The predicted molar refractivity (Wildman–Crippen MR) is 117 cm³/mol. The van der Waals surface area contributed by atoms with E-state index in [1.165, 1.54) is 15.6 Å². The quantitative estimate of drug-likeness (QED) is 0.286. The van der Waals surface area contributed by atoms with Crippen molar-refractivity contribution < 1.29 is 24.2 Å². The number of aliphatic carboxylic acids is 1. The Hall–Kier alpha value is -2.74. The number of carboxylic acids is 1. The smallest absolute Gasteiger partial charge is 0.417 e. The van der Waals surface area contributed by atoms with Crippen LogP contribution in [0.5, 0.6) is 0 Å². The maximum absolute atomic E-state index is 11.1. The van der Waals surface area contributed by atoms with E-state index in [4.69, 9.17) is 14.6 Å². The van der Waals surface area contributed by atoms with E-state index in [2.05, 4.69) is 34.5 Å². The van der Waals surface area contributed by atoms with Crippen molar-refractivity contribution in [3.05, 3.63) is 71.1 Å². The van der Waals surface area contributed by atoms with Gasteiger partial charge in [0.25, 0.3) is 0 Å². The number of ether oxygens (including phenoxy) is 2. The molecule has 1 aromatic heterocycles. The third kappa shape index (κ3) is 6.95. The van der Waals surface area contributed by atoms with Gasteiger partial charge in [0.2, 0.25) is 0 Å². The molecule has 0 aliphatic rings. The Balaban J connectivity index is 1.43. The van der Waals surface area contributed by atoms with E-state index in [1.807, 2.05) is 30.3 Å². The molecule has 3 aromatic rings. The number of carboxylic acid groups (broad SMARTS) is 1. The van der Waals surface area contributed by atoms with Crippen molar-refractivity contribution in [1.29, 1.82) is 0 Å². The van der Waals surface area contributed by atoms with Gasteiger partial charge in [-0.2, -0.15) is 0 Å². The van der Waals surface area contributed by atoms with E-state index in [-0.39, 0.29) is 6.61 Å². The van der Waals surface area contributed by atoms with Crippen LogP contribution >= 0.6 is 11.3 Å². The molecular weight excluding hydrogens is 402 g/mol. The molecule has 0 atom stereocenters. The second-order valence-corrected chi connectivity index (χ2v) is 7.81. The van der Waals surface area contributed by atoms with Gasteiger partial charge in [-0.25, -0.2) is 9.59 Å². The highest BCUT2D eigenvalue weighted by Crippen LogP contribution is 2.21. The molecule has 1 heterocycles. The van der Waals surface area contributed by atoms with Crippen LogP contribution in [0.2, 0.25) is 0 Å². The molecule has 30 heavy (non-hydrogen) atoms. The molecule has 0 amide bonds. The van der Waals surface area contributed by atoms with Crippen molar-refractivity contribution in [3.63, 3.8) is 0 Å². The predicted octanol–water partition coefficient (Wildman–Crippen LogP) is 3.59. The van der Waals surface area contributed by atoms with Gasteiger partial charge in [0.15, 0.2) is 0 Å². The van der Waals surface area contributed by atoms with Crippen molar-refractivity contribution in [1.82, 2.24) is 4.90 Å². The minimum atomic E-state index is -1.58. The standard InChI is InChI=1S/C23H25NO5S/c25-22(26)23(27)29-14-11-24(17-19-4-2-1-3-5-19)10-13-28-12-8-18-6-7-21-20(16-18)9-15-30-21/h1-7,9,15-16H,8,10-14,17H2,(H,25,26). The molecular formula is C23H25NO5S. The lowest BCUT2D eigenvalue weighted by Crippen LogP contribution is -2.32. The first-order valence-electron chi connectivity index (χ1n) is 9.82. The maximum atomic E-state index is 11.1. The second kappa shape index (κ2) is 11.4. The highest BCUT2D eigenvalue weighted by Gasteiger charge is 2.14. The lowest BCUT2D eigenvalue weighted by atomic mass is 10.1. The summed E-state index contributed by atoms with van der Waals surface area (Å²) in [5, 5.41) is 12.0. The molecule has 6 nitrogen and oxygen atoms in total. The van der Waals surface area contributed by atoms with Gasteiger partial charge in [-0.05, 0) is 40.4 Å². The topological polar surface area (TPSA) is 76.1 Å². The van der Waals surface area contributed by atoms with Crippen molar-refractivity contribution in [2.75, 3.05) is 32.9 Å². The number of hydrogen-bond acceptors (Lipinski definition) is 6. The van der Waals surface area contributed by atoms with Gasteiger partial charge in [0, 0.05) is 24.3 Å². The molecule has 0 aliphatic heterocycles. The first-order valence-corrected chi connectivity index (χ1v) is 10.7. The first-order chi connectivity index (χ1) is 14.6. The molecule has 0 fully saturated rings. The number of benzene rings is 2. The molecule has 7 heteroatoms. The van der Waals surface area contributed by atoms with Crippen molar-refractivity contribution in [2.45, 2.75) is 13.0 Å². The minimum absolute atomic E-state index is 0.0264. The number of carbonyl (C=O) groups excluding carboxylic acids is 1. The average molecular weight is 428 g/mol. The summed E-state index contributed by atoms with van der Waals surface area (Å²) in [6.45, 7) is 2.96. The maximum Gasteiger partial charge on any atom is 0.417 e. The van der Waals surface area contributed by atoms with Gasteiger partial charge in [-0.15, -0.1) is 11.3 Å². The number of fused-ring (bicyclic) bond motifs is 1. The van der Waals surface area contributed by atoms with Crippen molar-refractivity contribution >= 4 is 33.4 Å². The summed E-state index contributed by atoms with van der Waals surface area (Å²) in [5.41, 5.74) is 2.38. The molecule has 0 saturated heterocycles. The average Bonchev–Trinajstić information content (AvgIpc) is 3.21. The molecule has 0 spiro atoms. The van der Waals surface area contributed by atoms with Crippen LogP contribution in [0.1, 0.15) is 11.1 Å². The van der Waals surface area contributed by atoms with Gasteiger partial charge in [-0.3, -0.25) is 4.90 Å². The number of thiophene rings is 1. The van der Waals surface area contributed by atoms with Gasteiger partial charge >= 0.3 is 11.9 Å². The van der Waals surface area contributed by atoms with Gasteiger partial charge in [-0.1, -0.05) is 42.5 Å². The van der Waals surface area contributed by atoms with Crippen LogP contribution in [0.4, 0.5) is 0 Å². The van der Waals surface area contributed by atoms with Crippen LogP contribution in [-0.4, -0.2) is 54.9 Å². The molecule has 158 valence electrons. The number of nitrogens with zero attached hydrogens (tertiary/aromatic N) is 1. The molecule has 0 saturated carbocycles. The fraction of sp³-hybridized carbons (Fsp3) is 0.304. The summed E-state index contributed by atoms with van der Waals surface area (Å²) in [5.74, 6) is -2.80. The van der Waals surface area contributed by atoms with Crippen molar-refractivity contribution in [3.8, 4) is 0 Å². The van der Waals surface area contributed by atoms with Gasteiger partial charge < -0.3 is 14.6 Å². The fourth-order valence-electron chi connectivity index (χ4n) is 3.10. The normalized spacial score (nSPS) is 11.1. The zero-order chi connectivity index (χ0) is 21.2. The van der Waals surface area contributed by atoms with E-state index in [0.29, 0.717) is 32.8 Å². The highest BCUT2D eigenvalue weighted by atomic mass is 32.1. The molecule has 0 bridgehead atoms. The SMILES string of the molecule is O=C(O)C(=O)OCCN(CCOCCc1ccc2sccc2c1)Cc1ccccc1. The minimum Gasteiger partial charge on any atom is -0.473 e. The van der Waals surface area contributed by atoms with Crippen molar-refractivity contribution in [2.24, 2.45) is 0 Å². The molecule has 0 unspecified atom stereocenters. The number of hydrogen-bond donors (Lipinski definition) is 1. The molecule has 1 N–H and O–H groups in total. The van der Waals surface area contributed by atoms with Crippen LogP contribution in [-0.2, 0) is 32.0 Å². The molecule has 0 radical (unpaired) electrons. The zero-order valence-corrected chi connectivity index (χ0v) is 17.5. The van der Waals surface area contributed by atoms with Crippen LogP contribution in [0.25, 0.3) is 10.1 Å². The van der Waals surface area contributed by atoms with Crippen LogP contribution in [0.15, 0.2) is 60.0 Å². The molecule has 3 rings (SSSR count). The van der Waals surface area contributed by atoms with Crippen LogP contribution in [0, 0.1) is 0 Å². The third-order valence-electron chi connectivity index (χ3n) is 4.67. The summed E-state index contributed by atoms with van der Waals surface area (Å²) in [6.07, 6.45) is 0.848. The largest absolute Gasteiger partial charge is 0.473 e. The summed E-state index contributed by atoms with van der Waals surface area (Å²) in [7, 11) is 0. The Labute approximate surface area is 179 Å². The van der Waals surface area contributed by atoms with Crippen LogP contribution < -0.4 is 0 Å². The Morgan fingerprint density at radius 3 is 2.53 bits per heavy atom. The number of esters is 1. The summed E-state index contributed by atoms with van der Waals surface area (Å²) < 4.78 is 11.9. The fourth-order valence-corrected chi connectivity index (χ4v) is 3.87. The summed E-state index contributed by atoms with van der Waals surface area (Å²) in [4.78, 5) is 23.8. The van der Waals surface area contributed by atoms with E-state index < -0.39 is 11.9 Å². The van der Waals surface area contributed by atoms with E-state index in [9.17, 15) is 9.59 Å². The highest BCUT2D eigenvalue weighted by molar-refractivity contribution is 7.17. The molecule has 0 aliphatic carbocycles. The lowest BCUT2D eigenvalue weighted by molar-refractivity contribution is -0.164. The monoisotopic (exact) mass is 427 g/mol. The van der Waals surface area contributed by atoms with E-state index in [0.717, 1.165) is 12.0 Å². The summed E-state index contributed by atoms with van der Waals surface area (Å²) >= 11 is 1.74. The van der Waals surface area contributed by atoms with Crippen LogP contribution in [0.3, 0.4) is 0 Å². The Kier molecular flexibility index (Phi) is 8.38. The zero-order valence-electron chi connectivity index (χ0n) is 16.7. The lowest BCUT2D eigenvalue weighted by Gasteiger charge is -2.22. The Morgan fingerprint density at radius 2 is 1.73 bits per heavy atom. The van der Waals surface area contributed by atoms with Gasteiger partial charge in [0.05, 0.1) is 13.2 Å². The second-order valence-electron chi connectivity index (χ2n) is 6.86. The number of carbonyl (C=O) groups is 2. The molecule has 2 aromatic carbocycles. The van der Waals surface area contributed by atoms with E-state index in [1.54, 1.807) is 11.3 Å².